The van der Waals surface area contributed by atoms with Crippen LogP contribution in [0.15, 0.2) is 80.5 Å². The molecule has 0 aliphatic carbocycles. The van der Waals surface area contributed by atoms with Crippen molar-refractivity contribution in [1.82, 2.24) is 14.8 Å². The molecule has 1 heterocycles. The number of carbonyl (C=O) groups is 1. The van der Waals surface area contributed by atoms with Gasteiger partial charge < -0.3 is 31.0 Å². The van der Waals surface area contributed by atoms with E-state index < -0.39 is 50.8 Å². The fourth-order valence-corrected chi connectivity index (χ4v) is 5.44. The van der Waals surface area contributed by atoms with Crippen LogP contribution in [-0.4, -0.2) is 74.3 Å². The highest BCUT2D eigenvalue weighted by Gasteiger charge is 2.26. The first-order valence-corrected chi connectivity index (χ1v) is 15.0. The van der Waals surface area contributed by atoms with E-state index in [2.05, 4.69) is 24.7 Å². The molecule has 0 saturated heterocycles. The van der Waals surface area contributed by atoms with Gasteiger partial charge >= 0.3 is 6.09 Å². The highest BCUT2D eigenvalue weighted by atomic mass is 32.2. The number of nitrogens with two attached hydrogens (primary N) is 2. The second-order valence-electron chi connectivity index (χ2n) is 8.40. The first-order valence-electron chi connectivity index (χ1n) is 12.0. The molecule has 0 aromatic heterocycles. The van der Waals surface area contributed by atoms with Gasteiger partial charge in [-0.1, -0.05) is 12.2 Å². The van der Waals surface area contributed by atoms with E-state index >= 15 is 0 Å². The van der Waals surface area contributed by atoms with Crippen LogP contribution in [0.25, 0.3) is 0 Å². The summed E-state index contributed by atoms with van der Waals surface area (Å²) in [6.45, 7) is -0.209. The van der Waals surface area contributed by atoms with E-state index in [0.717, 1.165) is 0 Å². The van der Waals surface area contributed by atoms with Gasteiger partial charge in [0.05, 0.1) is 36.1 Å². The number of ether oxygens (including phenoxy) is 3. The van der Waals surface area contributed by atoms with Crippen molar-refractivity contribution in [3.8, 4) is 11.5 Å². The molecular weight excluding hydrogens is 578 g/mol. The van der Waals surface area contributed by atoms with E-state index in [1.54, 1.807) is 12.2 Å². The molecule has 0 bridgehead atoms. The summed E-state index contributed by atoms with van der Waals surface area (Å²) in [6, 6.07) is 9.36. The first-order chi connectivity index (χ1) is 19.4. The number of primary amides is 1. The molecule has 17 heteroatoms. The van der Waals surface area contributed by atoms with Gasteiger partial charge in [-0.05, 0) is 55.0 Å². The molecule has 0 unspecified atom stereocenters. The maximum absolute atomic E-state index is 13.0. The molecule has 41 heavy (non-hydrogen) atoms. The number of carbonyl (C=O) groups excluding carboxylic acids is 1. The number of aliphatic imine (C=N–C) groups is 2. The average molecular weight is 610 g/mol. The summed E-state index contributed by atoms with van der Waals surface area (Å²) in [5.41, 5.74) is 11.1. The van der Waals surface area contributed by atoms with E-state index in [0.29, 0.717) is 17.9 Å². The van der Waals surface area contributed by atoms with Crippen LogP contribution in [0.1, 0.15) is 6.42 Å². The number of nitrogens with zero attached hydrogens (tertiary/aromatic N) is 2. The van der Waals surface area contributed by atoms with Crippen LogP contribution < -0.4 is 35.7 Å². The molecular formula is C24H31N7O8S2. The van der Waals surface area contributed by atoms with Crippen molar-refractivity contribution in [3.05, 3.63) is 60.7 Å². The van der Waals surface area contributed by atoms with Crippen molar-refractivity contribution in [2.75, 3.05) is 27.4 Å². The van der Waals surface area contributed by atoms with Crippen molar-refractivity contribution >= 4 is 38.1 Å². The quantitative estimate of drug-likeness (QED) is 0.145. The number of benzene rings is 2. The van der Waals surface area contributed by atoms with E-state index in [4.69, 9.17) is 25.7 Å². The van der Waals surface area contributed by atoms with Gasteiger partial charge in [0.25, 0.3) is 20.0 Å². The summed E-state index contributed by atoms with van der Waals surface area (Å²) in [6.07, 6.45) is 2.57. The van der Waals surface area contributed by atoms with Crippen molar-refractivity contribution in [2.24, 2.45) is 21.5 Å². The van der Waals surface area contributed by atoms with Gasteiger partial charge in [-0.2, -0.15) is 0 Å². The Hall–Kier alpha value is -4.51. The zero-order valence-corrected chi connectivity index (χ0v) is 23.8. The lowest BCUT2D eigenvalue weighted by atomic mass is 10.1. The Bertz CT molecular complexity index is 1510. The molecule has 7 N–H and O–H groups in total. The summed E-state index contributed by atoms with van der Waals surface area (Å²) in [5, 5.41) is 2.86. The van der Waals surface area contributed by atoms with Gasteiger partial charge in [-0.3, -0.25) is 4.99 Å². The Morgan fingerprint density at radius 2 is 1.54 bits per heavy atom. The Balaban J connectivity index is 1.86. The van der Waals surface area contributed by atoms with E-state index in [1.165, 1.54) is 62.8 Å². The zero-order valence-electron chi connectivity index (χ0n) is 22.2. The van der Waals surface area contributed by atoms with Crippen molar-refractivity contribution in [3.63, 3.8) is 0 Å². The largest absolute Gasteiger partial charge is 0.497 e. The molecule has 1 aliphatic heterocycles. The van der Waals surface area contributed by atoms with Gasteiger partial charge in [0, 0.05) is 6.54 Å². The van der Waals surface area contributed by atoms with Crippen LogP contribution in [0.5, 0.6) is 11.5 Å². The molecule has 0 saturated carbocycles. The Morgan fingerprint density at radius 1 is 0.976 bits per heavy atom. The van der Waals surface area contributed by atoms with Gasteiger partial charge in [0.1, 0.15) is 18.1 Å². The fourth-order valence-electron chi connectivity index (χ4n) is 3.51. The molecule has 0 spiro atoms. The third-order valence-corrected chi connectivity index (χ3v) is 8.26. The highest BCUT2D eigenvalue weighted by molar-refractivity contribution is 7.90. The number of methoxy groups -OCH3 is 2. The SMILES string of the molecule is COc1ccc(S(=O)(=O)NC(N)=N[C@@H]2/C=C\CCN=C(NS(=O)(=O)c3ccc(OC)cc3)N[C@H]2COC(N)=O)cc1. The third-order valence-electron chi connectivity index (χ3n) is 5.54. The van der Waals surface area contributed by atoms with E-state index in [9.17, 15) is 21.6 Å². The number of guanidine groups is 2. The lowest BCUT2D eigenvalue weighted by Crippen LogP contribution is -2.52. The van der Waals surface area contributed by atoms with Gasteiger partial charge in [-0.15, -0.1) is 0 Å². The van der Waals surface area contributed by atoms with Crippen LogP contribution in [-0.2, 0) is 24.8 Å². The van der Waals surface area contributed by atoms with Gasteiger partial charge in [0.15, 0.2) is 0 Å². The minimum atomic E-state index is -4.11. The summed E-state index contributed by atoms with van der Waals surface area (Å²) >= 11 is 0. The van der Waals surface area contributed by atoms with E-state index in [-0.39, 0.29) is 22.3 Å². The van der Waals surface area contributed by atoms with Gasteiger partial charge in [-0.25, -0.2) is 36.1 Å². The van der Waals surface area contributed by atoms with Crippen LogP contribution in [0.4, 0.5) is 4.79 Å². The molecule has 2 aromatic carbocycles. The second kappa shape index (κ2) is 13.7. The summed E-state index contributed by atoms with van der Waals surface area (Å²) in [4.78, 5) is 19.7. The van der Waals surface area contributed by atoms with Crippen LogP contribution in [0.2, 0.25) is 0 Å². The van der Waals surface area contributed by atoms with Gasteiger partial charge in [0.2, 0.25) is 11.9 Å². The maximum Gasteiger partial charge on any atom is 0.404 e. The summed E-state index contributed by atoms with van der Waals surface area (Å²) in [7, 11) is -5.30. The smallest absolute Gasteiger partial charge is 0.404 e. The number of rotatable bonds is 9. The molecule has 0 fully saturated rings. The lowest BCUT2D eigenvalue weighted by Gasteiger charge is -2.25. The average Bonchev–Trinajstić information content (AvgIpc) is 3.02. The van der Waals surface area contributed by atoms with Crippen molar-refractivity contribution < 1.29 is 35.8 Å². The lowest BCUT2D eigenvalue weighted by molar-refractivity contribution is 0.144. The molecule has 222 valence electrons. The zero-order chi connectivity index (χ0) is 30.0. The second-order valence-corrected chi connectivity index (χ2v) is 11.8. The molecule has 1 aliphatic rings. The normalized spacial score (nSPS) is 18.8. The Kier molecular flexibility index (Phi) is 10.4. The van der Waals surface area contributed by atoms with Crippen LogP contribution >= 0.6 is 0 Å². The third kappa shape index (κ3) is 9.00. The predicted molar refractivity (Wildman–Crippen MR) is 151 cm³/mol. The number of amides is 1. The molecule has 2 aromatic rings. The topological polar surface area (TPSA) is 226 Å². The summed E-state index contributed by atoms with van der Waals surface area (Å²) in [5.74, 6) is 0.292. The van der Waals surface area contributed by atoms with Crippen LogP contribution in [0, 0.1) is 0 Å². The number of sulfonamides is 2. The van der Waals surface area contributed by atoms with Crippen molar-refractivity contribution in [1.29, 1.82) is 0 Å². The Morgan fingerprint density at radius 3 is 2.07 bits per heavy atom. The fraction of sp³-hybridized carbons (Fsp3) is 0.292. The molecule has 15 nitrogen and oxygen atoms in total. The minimum Gasteiger partial charge on any atom is -0.497 e. The molecule has 3 rings (SSSR count). The molecule has 1 amide bonds. The summed E-state index contributed by atoms with van der Waals surface area (Å²) < 4.78 is 71.3. The number of hydrogen-bond acceptors (Lipinski definition) is 11. The standard InChI is InChI=1S/C24H31N7O8S2/c1-37-16-6-10-18(11-7-16)40(33,34)30-22(25)28-20-5-3-4-14-27-24(29-21(20)15-39-23(26)32)31-41(35,36)19-12-8-17(38-2)9-13-19/h3,5-13,20-21H,4,14-15H2,1-2H3,(H2,26,32)(H3,25,28,30)(H2,27,29,31)/b5-3-/t20-,21+/m1/s1. The minimum absolute atomic E-state index is 0.0579. The number of hydrogen-bond donors (Lipinski definition) is 5. The molecule has 0 radical (unpaired) electrons. The van der Waals surface area contributed by atoms with E-state index in [1.807, 2.05) is 0 Å². The number of nitrogens with one attached hydrogen (secondary N) is 3. The highest BCUT2D eigenvalue weighted by Crippen LogP contribution is 2.17. The van der Waals surface area contributed by atoms with Crippen LogP contribution in [0.3, 0.4) is 0 Å². The Labute approximate surface area is 237 Å². The predicted octanol–water partition coefficient (Wildman–Crippen LogP) is 0.0133. The van der Waals surface area contributed by atoms with Crippen molar-refractivity contribution in [2.45, 2.75) is 28.3 Å². The first kappa shape index (κ1) is 31.0. The maximum atomic E-state index is 13.0. The monoisotopic (exact) mass is 609 g/mol. The molecule has 2 atom stereocenters.